The molecule has 17 heavy (non-hydrogen) atoms. The Bertz CT molecular complexity index is 590. The van der Waals surface area contributed by atoms with Gasteiger partial charge in [-0.25, -0.2) is 9.78 Å². The maximum Gasteiger partial charge on any atom is 0.357 e. The van der Waals surface area contributed by atoms with Crippen molar-refractivity contribution in [3.63, 3.8) is 0 Å². The standard InChI is InChI=1S/C12H11BrN2O2/c1-7-4-3-5-8(6-7)11-14-9(12(16)17)10(13)15(11)2/h3-6H,1-2H3,(H,16,17). The Balaban J connectivity index is 2.61. The largest absolute Gasteiger partial charge is 0.476 e. The van der Waals surface area contributed by atoms with Crippen molar-refractivity contribution in [2.75, 3.05) is 0 Å². The molecule has 1 N–H and O–H groups in total. The van der Waals surface area contributed by atoms with Gasteiger partial charge in [0, 0.05) is 12.6 Å². The van der Waals surface area contributed by atoms with Crippen molar-refractivity contribution in [1.29, 1.82) is 0 Å². The highest BCUT2D eigenvalue weighted by Gasteiger charge is 2.18. The fourth-order valence-electron chi connectivity index (χ4n) is 1.66. The van der Waals surface area contributed by atoms with Gasteiger partial charge in [-0.15, -0.1) is 0 Å². The third-order valence-electron chi connectivity index (χ3n) is 2.50. The molecule has 1 aromatic heterocycles. The molecule has 5 heteroatoms. The number of carboxylic acids is 1. The molecule has 0 fully saturated rings. The topological polar surface area (TPSA) is 55.1 Å². The molecular formula is C12H11BrN2O2. The summed E-state index contributed by atoms with van der Waals surface area (Å²) in [7, 11) is 1.78. The van der Waals surface area contributed by atoms with Crippen LogP contribution in [0.15, 0.2) is 28.9 Å². The van der Waals surface area contributed by atoms with Crippen LogP contribution in [0.4, 0.5) is 0 Å². The number of halogens is 1. The maximum absolute atomic E-state index is 11.0. The predicted molar refractivity (Wildman–Crippen MR) is 68.0 cm³/mol. The van der Waals surface area contributed by atoms with Crippen LogP contribution in [-0.4, -0.2) is 20.6 Å². The molecule has 88 valence electrons. The molecule has 2 aromatic rings. The fraction of sp³-hybridized carbons (Fsp3) is 0.167. The van der Waals surface area contributed by atoms with E-state index in [-0.39, 0.29) is 5.69 Å². The Morgan fingerprint density at radius 3 is 2.71 bits per heavy atom. The van der Waals surface area contributed by atoms with E-state index >= 15 is 0 Å². The second kappa shape index (κ2) is 4.33. The van der Waals surface area contributed by atoms with Crippen LogP contribution in [-0.2, 0) is 7.05 Å². The summed E-state index contributed by atoms with van der Waals surface area (Å²) in [6, 6.07) is 7.79. The molecule has 0 unspecified atom stereocenters. The zero-order chi connectivity index (χ0) is 12.6. The average Bonchev–Trinajstić information content (AvgIpc) is 2.56. The Hall–Kier alpha value is -1.62. The van der Waals surface area contributed by atoms with Crippen molar-refractivity contribution in [2.24, 2.45) is 7.05 Å². The van der Waals surface area contributed by atoms with Crippen molar-refractivity contribution >= 4 is 21.9 Å². The number of carbonyl (C=O) groups is 1. The quantitative estimate of drug-likeness (QED) is 0.927. The van der Waals surface area contributed by atoms with Gasteiger partial charge in [0.1, 0.15) is 10.4 Å². The number of carboxylic acid groups (broad SMARTS) is 1. The lowest BCUT2D eigenvalue weighted by Gasteiger charge is -2.03. The number of nitrogens with zero attached hydrogens (tertiary/aromatic N) is 2. The minimum absolute atomic E-state index is 0.0315. The molecule has 0 aliphatic carbocycles. The SMILES string of the molecule is Cc1cccc(-c2nc(C(=O)O)c(Br)n2C)c1. The van der Waals surface area contributed by atoms with E-state index in [1.807, 2.05) is 31.2 Å². The van der Waals surface area contributed by atoms with E-state index in [1.54, 1.807) is 11.6 Å². The number of aromatic carboxylic acids is 1. The summed E-state index contributed by atoms with van der Waals surface area (Å²) in [5, 5.41) is 9.00. The van der Waals surface area contributed by atoms with E-state index in [9.17, 15) is 4.79 Å². The van der Waals surface area contributed by atoms with E-state index in [2.05, 4.69) is 20.9 Å². The van der Waals surface area contributed by atoms with Gasteiger partial charge in [-0.1, -0.05) is 23.8 Å². The Kier molecular flexibility index (Phi) is 3.02. The van der Waals surface area contributed by atoms with Gasteiger partial charge in [0.05, 0.1) is 0 Å². The molecule has 0 bridgehead atoms. The first-order chi connectivity index (χ1) is 8.00. The first-order valence-corrected chi connectivity index (χ1v) is 5.82. The van der Waals surface area contributed by atoms with E-state index < -0.39 is 5.97 Å². The van der Waals surface area contributed by atoms with E-state index in [1.165, 1.54) is 0 Å². The first-order valence-electron chi connectivity index (χ1n) is 5.03. The van der Waals surface area contributed by atoms with Gasteiger partial charge >= 0.3 is 5.97 Å². The molecule has 0 saturated carbocycles. The molecule has 0 amide bonds. The molecule has 2 rings (SSSR count). The second-order valence-corrected chi connectivity index (χ2v) is 4.56. The third-order valence-corrected chi connectivity index (χ3v) is 3.41. The van der Waals surface area contributed by atoms with Gasteiger partial charge in [-0.2, -0.15) is 0 Å². The number of benzene rings is 1. The van der Waals surface area contributed by atoms with Gasteiger partial charge in [-0.05, 0) is 28.9 Å². The summed E-state index contributed by atoms with van der Waals surface area (Å²) in [6.45, 7) is 1.99. The predicted octanol–water partition coefficient (Wildman–Crippen LogP) is 2.86. The van der Waals surface area contributed by atoms with Crippen LogP contribution in [0.3, 0.4) is 0 Å². The number of aromatic nitrogens is 2. The van der Waals surface area contributed by atoms with Crippen LogP contribution in [0.1, 0.15) is 16.1 Å². The summed E-state index contributed by atoms with van der Waals surface area (Å²) in [5.41, 5.74) is 2.04. The summed E-state index contributed by atoms with van der Waals surface area (Å²) in [6.07, 6.45) is 0. The zero-order valence-electron chi connectivity index (χ0n) is 9.44. The molecule has 0 aliphatic heterocycles. The van der Waals surface area contributed by atoms with Crippen LogP contribution >= 0.6 is 15.9 Å². The van der Waals surface area contributed by atoms with Crippen LogP contribution in [0, 0.1) is 6.92 Å². The van der Waals surface area contributed by atoms with E-state index in [4.69, 9.17) is 5.11 Å². The molecular weight excluding hydrogens is 284 g/mol. The zero-order valence-corrected chi connectivity index (χ0v) is 11.0. The lowest BCUT2D eigenvalue weighted by Crippen LogP contribution is -1.97. The Morgan fingerprint density at radius 2 is 2.18 bits per heavy atom. The van der Waals surface area contributed by atoms with Crippen LogP contribution in [0.25, 0.3) is 11.4 Å². The molecule has 0 atom stereocenters. The number of rotatable bonds is 2. The normalized spacial score (nSPS) is 10.5. The lowest BCUT2D eigenvalue weighted by atomic mass is 10.1. The van der Waals surface area contributed by atoms with Gasteiger partial charge < -0.3 is 9.67 Å². The number of aryl methyl sites for hydroxylation is 1. The smallest absolute Gasteiger partial charge is 0.357 e. The van der Waals surface area contributed by atoms with Crippen LogP contribution < -0.4 is 0 Å². The summed E-state index contributed by atoms with van der Waals surface area (Å²) < 4.78 is 2.19. The summed E-state index contributed by atoms with van der Waals surface area (Å²) in [4.78, 5) is 15.1. The van der Waals surface area contributed by atoms with Gasteiger partial charge in [0.2, 0.25) is 0 Å². The molecule has 1 heterocycles. The summed E-state index contributed by atoms with van der Waals surface area (Å²) >= 11 is 3.24. The second-order valence-electron chi connectivity index (χ2n) is 3.81. The van der Waals surface area contributed by atoms with Gasteiger partial charge in [0.25, 0.3) is 0 Å². The van der Waals surface area contributed by atoms with Crippen LogP contribution in [0.2, 0.25) is 0 Å². The van der Waals surface area contributed by atoms with Crippen molar-refractivity contribution < 1.29 is 9.90 Å². The molecule has 0 aliphatic rings. The molecule has 0 saturated heterocycles. The summed E-state index contributed by atoms with van der Waals surface area (Å²) in [5.74, 6) is -0.399. The van der Waals surface area contributed by atoms with Crippen molar-refractivity contribution in [3.8, 4) is 11.4 Å². The van der Waals surface area contributed by atoms with E-state index in [0.29, 0.717) is 10.4 Å². The van der Waals surface area contributed by atoms with Crippen molar-refractivity contribution in [1.82, 2.24) is 9.55 Å². The maximum atomic E-state index is 11.0. The Morgan fingerprint density at radius 1 is 1.47 bits per heavy atom. The third kappa shape index (κ3) is 2.10. The highest BCUT2D eigenvalue weighted by molar-refractivity contribution is 9.10. The number of hydrogen-bond acceptors (Lipinski definition) is 2. The molecule has 1 aromatic carbocycles. The Labute approximate surface area is 107 Å². The number of imidazole rings is 1. The van der Waals surface area contributed by atoms with Gasteiger partial charge in [-0.3, -0.25) is 0 Å². The van der Waals surface area contributed by atoms with Gasteiger partial charge in [0.15, 0.2) is 5.69 Å². The highest BCUT2D eigenvalue weighted by Crippen LogP contribution is 2.25. The van der Waals surface area contributed by atoms with E-state index in [0.717, 1.165) is 11.1 Å². The monoisotopic (exact) mass is 294 g/mol. The molecule has 4 nitrogen and oxygen atoms in total. The lowest BCUT2D eigenvalue weighted by molar-refractivity contribution is 0.0690. The fourth-order valence-corrected chi connectivity index (χ4v) is 2.08. The van der Waals surface area contributed by atoms with Crippen LogP contribution in [0.5, 0.6) is 0 Å². The molecule has 0 spiro atoms. The minimum Gasteiger partial charge on any atom is -0.476 e. The van der Waals surface area contributed by atoms with Crippen molar-refractivity contribution in [2.45, 2.75) is 6.92 Å². The number of hydrogen-bond donors (Lipinski definition) is 1. The average molecular weight is 295 g/mol. The molecule has 0 radical (unpaired) electrons. The first kappa shape index (κ1) is 11.9. The highest BCUT2D eigenvalue weighted by atomic mass is 79.9. The minimum atomic E-state index is -1.04. The van der Waals surface area contributed by atoms with Crippen molar-refractivity contribution in [3.05, 3.63) is 40.1 Å².